The summed E-state index contributed by atoms with van der Waals surface area (Å²) in [5.74, 6) is 1.83. The van der Waals surface area contributed by atoms with Gasteiger partial charge in [0.1, 0.15) is 0 Å². The zero-order valence-corrected chi connectivity index (χ0v) is 8.48. The maximum atomic E-state index is 2.47. The minimum absolute atomic E-state index is 0.650. The van der Waals surface area contributed by atoms with Gasteiger partial charge in [0.15, 0.2) is 0 Å². The number of rotatable bonds is 1. The first-order chi connectivity index (χ1) is 5.04. The van der Waals surface area contributed by atoms with Crippen molar-refractivity contribution in [3.63, 3.8) is 0 Å². The average Bonchev–Trinajstić information content (AvgIpc) is 1.86. The molecule has 0 aromatic heterocycles. The van der Waals surface area contributed by atoms with Crippen LogP contribution >= 0.6 is 0 Å². The molecule has 1 aliphatic rings. The Hall–Kier alpha value is 0. The summed E-state index contributed by atoms with van der Waals surface area (Å²) in [4.78, 5) is 0. The van der Waals surface area contributed by atoms with Crippen LogP contribution in [0.3, 0.4) is 0 Å². The van der Waals surface area contributed by atoms with Crippen molar-refractivity contribution < 1.29 is 0 Å². The van der Waals surface area contributed by atoms with E-state index in [1.165, 1.54) is 25.7 Å². The highest BCUT2D eigenvalue weighted by Gasteiger charge is 2.32. The maximum Gasteiger partial charge on any atom is -0.0300 e. The van der Waals surface area contributed by atoms with E-state index >= 15 is 0 Å². The Bertz CT molecular complexity index is 126. The van der Waals surface area contributed by atoms with Crippen LogP contribution in [0.25, 0.3) is 0 Å². The smallest absolute Gasteiger partial charge is 0.0300 e. The second-order valence-corrected chi connectivity index (χ2v) is 5.01. The fourth-order valence-electron chi connectivity index (χ4n) is 2.38. The van der Waals surface area contributed by atoms with Crippen molar-refractivity contribution >= 4 is 0 Å². The van der Waals surface area contributed by atoms with Gasteiger partial charge in [0.2, 0.25) is 0 Å². The Labute approximate surface area is 71.4 Å². The summed E-state index contributed by atoms with van der Waals surface area (Å²) in [5.41, 5.74) is 0.650. The Morgan fingerprint density at radius 2 is 2.00 bits per heavy atom. The van der Waals surface area contributed by atoms with E-state index in [0.717, 1.165) is 11.8 Å². The normalized spacial score (nSPS) is 39.5. The molecule has 1 fully saturated rings. The standard InChI is InChI=1S/C11H22/c1-9(2)11(4)7-5-6-10(3)8-11/h9-10H,5-8H2,1-4H3. The minimum Gasteiger partial charge on any atom is -0.0625 e. The predicted molar refractivity (Wildman–Crippen MR) is 50.6 cm³/mol. The Kier molecular flexibility index (Phi) is 2.61. The lowest BCUT2D eigenvalue weighted by atomic mass is 9.65. The molecule has 1 saturated carbocycles. The molecule has 0 nitrogen and oxygen atoms in total. The van der Waals surface area contributed by atoms with Gasteiger partial charge in [-0.2, -0.15) is 0 Å². The van der Waals surface area contributed by atoms with Crippen LogP contribution in [0.15, 0.2) is 0 Å². The molecule has 0 heteroatoms. The average molecular weight is 154 g/mol. The van der Waals surface area contributed by atoms with Gasteiger partial charge in [-0.3, -0.25) is 0 Å². The van der Waals surface area contributed by atoms with E-state index in [-0.39, 0.29) is 0 Å². The molecule has 1 rings (SSSR count). The first-order valence-electron chi connectivity index (χ1n) is 5.04. The lowest BCUT2D eigenvalue weighted by molar-refractivity contribution is 0.109. The van der Waals surface area contributed by atoms with Gasteiger partial charge in [-0.15, -0.1) is 0 Å². The van der Waals surface area contributed by atoms with E-state index in [2.05, 4.69) is 27.7 Å². The monoisotopic (exact) mass is 154 g/mol. The van der Waals surface area contributed by atoms with Crippen molar-refractivity contribution in [3.8, 4) is 0 Å². The second kappa shape index (κ2) is 3.16. The molecular formula is C11H22. The van der Waals surface area contributed by atoms with Crippen molar-refractivity contribution in [2.24, 2.45) is 17.3 Å². The van der Waals surface area contributed by atoms with Crippen molar-refractivity contribution in [1.29, 1.82) is 0 Å². The molecule has 0 aromatic carbocycles. The zero-order chi connectivity index (χ0) is 8.48. The largest absolute Gasteiger partial charge is 0.0625 e. The lowest BCUT2D eigenvalue weighted by Crippen LogP contribution is -2.29. The van der Waals surface area contributed by atoms with Gasteiger partial charge in [-0.1, -0.05) is 40.5 Å². The van der Waals surface area contributed by atoms with Crippen molar-refractivity contribution in [1.82, 2.24) is 0 Å². The fraction of sp³-hybridized carbons (Fsp3) is 1.00. The molecule has 0 radical (unpaired) electrons. The molecule has 11 heavy (non-hydrogen) atoms. The predicted octanol–water partition coefficient (Wildman–Crippen LogP) is 3.86. The highest BCUT2D eigenvalue weighted by atomic mass is 14.4. The minimum atomic E-state index is 0.650. The highest BCUT2D eigenvalue weighted by Crippen LogP contribution is 2.43. The Morgan fingerprint density at radius 1 is 1.36 bits per heavy atom. The van der Waals surface area contributed by atoms with Gasteiger partial charge < -0.3 is 0 Å². The molecular weight excluding hydrogens is 132 g/mol. The quantitative estimate of drug-likeness (QED) is 0.538. The molecule has 0 aliphatic heterocycles. The van der Waals surface area contributed by atoms with Crippen molar-refractivity contribution in [2.45, 2.75) is 53.4 Å². The van der Waals surface area contributed by atoms with Gasteiger partial charge in [0.05, 0.1) is 0 Å². The summed E-state index contributed by atoms with van der Waals surface area (Å²) in [5, 5.41) is 0. The Balaban J connectivity index is 2.55. The van der Waals surface area contributed by atoms with E-state index in [1.807, 2.05) is 0 Å². The van der Waals surface area contributed by atoms with Crippen LogP contribution in [0.5, 0.6) is 0 Å². The van der Waals surface area contributed by atoms with E-state index in [1.54, 1.807) is 0 Å². The van der Waals surface area contributed by atoms with Crippen molar-refractivity contribution in [3.05, 3.63) is 0 Å². The SMILES string of the molecule is CC1CCCC(C)(C(C)C)C1. The van der Waals surface area contributed by atoms with Crippen LogP contribution in [0.2, 0.25) is 0 Å². The third-order valence-electron chi connectivity index (χ3n) is 3.65. The van der Waals surface area contributed by atoms with Crippen LogP contribution in [0.4, 0.5) is 0 Å². The molecule has 0 N–H and O–H groups in total. The van der Waals surface area contributed by atoms with Crippen molar-refractivity contribution in [2.75, 3.05) is 0 Å². The molecule has 1 aliphatic carbocycles. The lowest BCUT2D eigenvalue weighted by Gasteiger charge is -2.40. The molecule has 0 amide bonds. The van der Waals surface area contributed by atoms with Gasteiger partial charge in [0, 0.05) is 0 Å². The molecule has 0 saturated heterocycles. The van der Waals surface area contributed by atoms with E-state index < -0.39 is 0 Å². The van der Waals surface area contributed by atoms with Gasteiger partial charge in [-0.05, 0) is 30.1 Å². The molecule has 0 aromatic rings. The molecule has 0 spiro atoms. The topological polar surface area (TPSA) is 0 Å². The van der Waals surface area contributed by atoms with Crippen LogP contribution in [-0.4, -0.2) is 0 Å². The second-order valence-electron chi connectivity index (χ2n) is 5.01. The third kappa shape index (κ3) is 1.98. The summed E-state index contributed by atoms with van der Waals surface area (Å²) in [6.45, 7) is 9.61. The molecule has 2 unspecified atom stereocenters. The molecule has 66 valence electrons. The molecule has 0 bridgehead atoms. The first-order valence-corrected chi connectivity index (χ1v) is 5.04. The number of hydrogen-bond acceptors (Lipinski definition) is 0. The van der Waals surface area contributed by atoms with Crippen LogP contribution in [-0.2, 0) is 0 Å². The summed E-state index contributed by atoms with van der Waals surface area (Å²) in [6, 6.07) is 0. The van der Waals surface area contributed by atoms with Gasteiger partial charge in [0.25, 0.3) is 0 Å². The number of hydrogen-bond donors (Lipinski definition) is 0. The van der Waals surface area contributed by atoms with Crippen LogP contribution < -0.4 is 0 Å². The van der Waals surface area contributed by atoms with Gasteiger partial charge >= 0.3 is 0 Å². The molecule has 0 heterocycles. The highest BCUT2D eigenvalue weighted by molar-refractivity contribution is 4.83. The van der Waals surface area contributed by atoms with E-state index in [4.69, 9.17) is 0 Å². The summed E-state index contributed by atoms with van der Waals surface area (Å²) < 4.78 is 0. The van der Waals surface area contributed by atoms with E-state index in [0.29, 0.717) is 5.41 Å². The first kappa shape index (κ1) is 9.09. The maximum absolute atomic E-state index is 2.47. The summed E-state index contributed by atoms with van der Waals surface area (Å²) in [7, 11) is 0. The summed E-state index contributed by atoms with van der Waals surface area (Å²) >= 11 is 0. The van der Waals surface area contributed by atoms with Gasteiger partial charge in [-0.25, -0.2) is 0 Å². The Morgan fingerprint density at radius 3 is 2.36 bits per heavy atom. The van der Waals surface area contributed by atoms with E-state index in [9.17, 15) is 0 Å². The van der Waals surface area contributed by atoms with Crippen LogP contribution in [0.1, 0.15) is 53.4 Å². The van der Waals surface area contributed by atoms with Crippen LogP contribution in [0, 0.1) is 17.3 Å². The third-order valence-corrected chi connectivity index (χ3v) is 3.65. The zero-order valence-electron chi connectivity index (χ0n) is 8.48. The fourth-order valence-corrected chi connectivity index (χ4v) is 2.38. The summed E-state index contributed by atoms with van der Waals surface area (Å²) in [6.07, 6.45) is 5.82. The molecule has 2 atom stereocenters.